The molecule has 0 spiro atoms. The summed E-state index contributed by atoms with van der Waals surface area (Å²) in [4.78, 5) is 17.0. The summed E-state index contributed by atoms with van der Waals surface area (Å²) in [6.45, 7) is 6.42. The van der Waals surface area contributed by atoms with Crippen LogP contribution in [0, 0.1) is 5.92 Å². The van der Waals surface area contributed by atoms with Crippen molar-refractivity contribution in [2.24, 2.45) is 11.7 Å². The molecule has 6 heteroatoms. The number of amides is 1. The maximum atomic E-state index is 12.8. The van der Waals surface area contributed by atoms with Gasteiger partial charge in [-0.2, -0.15) is 0 Å². The molecule has 1 aromatic rings. The van der Waals surface area contributed by atoms with Gasteiger partial charge in [0.2, 0.25) is 5.91 Å². The van der Waals surface area contributed by atoms with Crippen LogP contribution in [0.3, 0.4) is 0 Å². The molecule has 3 atom stereocenters. The van der Waals surface area contributed by atoms with Crippen LogP contribution >= 0.6 is 24.8 Å². The molecule has 1 aliphatic rings. The number of carbonyl (C=O) groups excluding carboxylic acids is 1. The molecule has 0 saturated carbocycles. The van der Waals surface area contributed by atoms with E-state index in [4.69, 9.17) is 5.73 Å². The number of benzene rings is 1. The van der Waals surface area contributed by atoms with Crippen molar-refractivity contribution in [3.8, 4) is 0 Å². The van der Waals surface area contributed by atoms with Crippen LogP contribution in [0.5, 0.6) is 0 Å². The highest BCUT2D eigenvalue weighted by Gasteiger charge is 2.32. The van der Waals surface area contributed by atoms with E-state index in [9.17, 15) is 4.79 Å². The molecule has 4 nitrogen and oxygen atoms in total. The highest BCUT2D eigenvalue weighted by atomic mass is 35.5. The molecule has 138 valence electrons. The van der Waals surface area contributed by atoms with Gasteiger partial charge in [-0.3, -0.25) is 9.69 Å². The third-order valence-corrected chi connectivity index (χ3v) is 4.83. The number of piperidine rings is 1. The SMILES string of the molecule is CC1CCN(C(=O)C(C)N(C)Cc2ccccc2)C(CN)C1.Cl.Cl. The molecule has 0 radical (unpaired) electrons. The number of rotatable bonds is 5. The zero-order chi connectivity index (χ0) is 16.1. The van der Waals surface area contributed by atoms with Crippen molar-refractivity contribution in [2.45, 2.75) is 45.3 Å². The number of hydrogen-bond donors (Lipinski definition) is 1. The van der Waals surface area contributed by atoms with E-state index in [1.54, 1.807) is 0 Å². The van der Waals surface area contributed by atoms with Gasteiger partial charge in [0.25, 0.3) is 0 Å². The first-order valence-corrected chi connectivity index (χ1v) is 8.27. The predicted octanol–water partition coefficient (Wildman–Crippen LogP) is 2.94. The van der Waals surface area contributed by atoms with Gasteiger partial charge in [0.1, 0.15) is 0 Å². The molecule has 1 heterocycles. The Labute approximate surface area is 158 Å². The van der Waals surface area contributed by atoms with Crippen LogP contribution in [0.2, 0.25) is 0 Å². The van der Waals surface area contributed by atoms with E-state index < -0.39 is 0 Å². The fourth-order valence-corrected chi connectivity index (χ4v) is 3.20. The Balaban J connectivity index is 0.00000264. The summed E-state index contributed by atoms with van der Waals surface area (Å²) < 4.78 is 0. The molecule has 0 aromatic heterocycles. The second kappa shape index (κ2) is 10.9. The number of halogens is 2. The van der Waals surface area contributed by atoms with Crippen molar-refractivity contribution in [1.82, 2.24) is 9.80 Å². The van der Waals surface area contributed by atoms with Crippen LogP contribution in [-0.4, -0.2) is 47.9 Å². The molecular weight excluding hydrogens is 345 g/mol. The Kier molecular flexibility index (Phi) is 10.6. The van der Waals surface area contributed by atoms with Gasteiger partial charge >= 0.3 is 0 Å². The number of nitrogens with zero attached hydrogens (tertiary/aromatic N) is 2. The normalized spacial score (nSPS) is 21.6. The predicted molar refractivity (Wildman–Crippen MR) is 105 cm³/mol. The Morgan fingerprint density at radius 1 is 1.33 bits per heavy atom. The summed E-state index contributed by atoms with van der Waals surface area (Å²) in [5.41, 5.74) is 7.11. The van der Waals surface area contributed by atoms with Crippen LogP contribution in [0.1, 0.15) is 32.3 Å². The minimum absolute atomic E-state index is 0. The zero-order valence-electron chi connectivity index (χ0n) is 14.9. The van der Waals surface area contributed by atoms with Gasteiger partial charge < -0.3 is 10.6 Å². The standard InChI is InChI=1S/C18H29N3O.2ClH/c1-14-9-10-21(17(11-14)12-19)18(22)15(2)20(3)13-16-7-5-4-6-8-16;;/h4-8,14-15,17H,9-13,19H2,1-3H3;2*1H. The van der Waals surface area contributed by atoms with Gasteiger partial charge in [-0.1, -0.05) is 37.3 Å². The molecule has 2 N–H and O–H groups in total. The van der Waals surface area contributed by atoms with Crippen molar-refractivity contribution < 1.29 is 4.79 Å². The van der Waals surface area contributed by atoms with Gasteiger partial charge in [-0.15, -0.1) is 24.8 Å². The minimum atomic E-state index is -0.123. The van der Waals surface area contributed by atoms with Crippen molar-refractivity contribution in [3.05, 3.63) is 35.9 Å². The summed E-state index contributed by atoms with van der Waals surface area (Å²) in [6, 6.07) is 10.3. The third kappa shape index (κ3) is 5.92. The first-order valence-electron chi connectivity index (χ1n) is 8.27. The van der Waals surface area contributed by atoms with E-state index >= 15 is 0 Å². The largest absolute Gasteiger partial charge is 0.337 e. The van der Waals surface area contributed by atoms with Crippen LogP contribution in [0.4, 0.5) is 0 Å². The lowest BCUT2D eigenvalue weighted by Crippen LogP contribution is -2.54. The summed E-state index contributed by atoms with van der Waals surface area (Å²) in [5.74, 6) is 0.871. The fourth-order valence-electron chi connectivity index (χ4n) is 3.20. The smallest absolute Gasteiger partial charge is 0.239 e. The van der Waals surface area contributed by atoms with Crippen LogP contribution < -0.4 is 5.73 Å². The lowest BCUT2D eigenvalue weighted by Gasteiger charge is -2.40. The van der Waals surface area contributed by atoms with Gasteiger partial charge in [0.15, 0.2) is 0 Å². The van der Waals surface area contributed by atoms with E-state index in [1.165, 1.54) is 5.56 Å². The molecule has 0 aliphatic carbocycles. The molecular formula is C18H31Cl2N3O. The molecule has 1 fully saturated rings. The molecule has 1 aromatic carbocycles. The number of likely N-dealkylation sites (tertiary alicyclic amines) is 1. The van der Waals surface area contributed by atoms with E-state index in [0.717, 1.165) is 25.9 Å². The fraction of sp³-hybridized carbons (Fsp3) is 0.611. The molecule has 1 amide bonds. The first kappa shape index (κ1) is 23.2. The van der Waals surface area contributed by atoms with Gasteiger partial charge in [0, 0.05) is 25.7 Å². The Morgan fingerprint density at radius 3 is 2.54 bits per heavy atom. The zero-order valence-corrected chi connectivity index (χ0v) is 16.5. The molecule has 0 bridgehead atoms. The summed E-state index contributed by atoms with van der Waals surface area (Å²) >= 11 is 0. The average molecular weight is 376 g/mol. The summed E-state index contributed by atoms with van der Waals surface area (Å²) in [6.07, 6.45) is 2.11. The number of nitrogens with two attached hydrogens (primary N) is 1. The highest BCUT2D eigenvalue weighted by Crippen LogP contribution is 2.23. The maximum Gasteiger partial charge on any atom is 0.239 e. The van der Waals surface area contributed by atoms with E-state index in [1.807, 2.05) is 37.1 Å². The van der Waals surface area contributed by atoms with Crippen molar-refractivity contribution >= 4 is 30.7 Å². The number of hydrogen-bond acceptors (Lipinski definition) is 3. The molecule has 1 aliphatic heterocycles. The first-order chi connectivity index (χ1) is 10.5. The molecule has 3 unspecified atom stereocenters. The van der Waals surface area contributed by atoms with Gasteiger partial charge in [-0.05, 0) is 38.3 Å². The lowest BCUT2D eigenvalue weighted by molar-refractivity contribution is -0.140. The Bertz CT molecular complexity index is 486. The second-order valence-corrected chi connectivity index (χ2v) is 6.63. The number of carbonyl (C=O) groups is 1. The number of likely N-dealkylation sites (N-methyl/N-ethyl adjacent to an activating group) is 1. The maximum absolute atomic E-state index is 12.8. The Morgan fingerprint density at radius 2 is 1.96 bits per heavy atom. The second-order valence-electron chi connectivity index (χ2n) is 6.63. The van der Waals surface area contributed by atoms with Crippen molar-refractivity contribution in [3.63, 3.8) is 0 Å². The topological polar surface area (TPSA) is 49.6 Å². The minimum Gasteiger partial charge on any atom is -0.337 e. The Hall–Kier alpha value is -0.810. The van der Waals surface area contributed by atoms with Crippen LogP contribution in [0.15, 0.2) is 30.3 Å². The summed E-state index contributed by atoms with van der Waals surface area (Å²) in [7, 11) is 2.01. The van der Waals surface area contributed by atoms with Gasteiger partial charge in [0.05, 0.1) is 6.04 Å². The molecule has 1 saturated heterocycles. The van der Waals surface area contributed by atoms with Crippen molar-refractivity contribution in [1.29, 1.82) is 0 Å². The van der Waals surface area contributed by atoms with Gasteiger partial charge in [-0.25, -0.2) is 0 Å². The third-order valence-electron chi connectivity index (χ3n) is 4.83. The quantitative estimate of drug-likeness (QED) is 0.860. The van der Waals surface area contributed by atoms with E-state index in [2.05, 4.69) is 24.0 Å². The van der Waals surface area contributed by atoms with Crippen molar-refractivity contribution in [2.75, 3.05) is 20.1 Å². The van der Waals surface area contributed by atoms with Crippen LogP contribution in [0.25, 0.3) is 0 Å². The van der Waals surface area contributed by atoms with E-state index in [-0.39, 0.29) is 42.8 Å². The van der Waals surface area contributed by atoms with Crippen LogP contribution in [-0.2, 0) is 11.3 Å². The lowest BCUT2D eigenvalue weighted by atomic mass is 9.92. The highest BCUT2D eigenvalue weighted by molar-refractivity contribution is 5.85. The summed E-state index contributed by atoms with van der Waals surface area (Å²) in [5, 5.41) is 0. The monoisotopic (exact) mass is 375 g/mol. The molecule has 24 heavy (non-hydrogen) atoms. The average Bonchev–Trinajstić information content (AvgIpc) is 2.54. The molecule has 2 rings (SSSR count). The van der Waals surface area contributed by atoms with E-state index in [0.29, 0.717) is 12.5 Å².